The fraction of sp³-hybridized carbons (Fsp3) is 0.417. The smallest absolute Gasteiger partial charge is 0.267 e. The van der Waals surface area contributed by atoms with Gasteiger partial charge < -0.3 is 15.4 Å². The molecule has 1 aromatic rings. The van der Waals surface area contributed by atoms with Gasteiger partial charge in [0.05, 0.1) is 5.69 Å². The molecule has 0 spiro atoms. The zero-order valence-corrected chi connectivity index (χ0v) is 11.5. The molecule has 0 radical (unpaired) electrons. The lowest BCUT2D eigenvalue weighted by Gasteiger charge is -2.32. The number of nitrogens with two attached hydrogens (primary N) is 1. The molecule has 0 aromatic heterocycles. The molecule has 1 aliphatic heterocycles. The molecule has 0 saturated carbocycles. The van der Waals surface area contributed by atoms with E-state index in [4.69, 9.17) is 10.5 Å². The van der Waals surface area contributed by atoms with Crippen molar-refractivity contribution in [2.45, 2.75) is 19.4 Å². The lowest BCUT2D eigenvalue weighted by Crippen LogP contribution is -2.44. The van der Waals surface area contributed by atoms with Crippen molar-refractivity contribution in [3.8, 4) is 5.75 Å². The third kappa shape index (κ3) is 2.17. The first kappa shape index (κ1) is 12.4. The first-order valence-electron chi connectivity index (χ1n) is 5.49. The molecule has 0 fully saturated rings. The van der Waals surface area contributed by atoms with Gasteiger partial charge in [-0.05, 0) is 31.2 Å². The van der Waals surface area contributed by atoms with Crippen LogP contribution in [0.1, 0.15) is 12.0 Å². The SMILES string of the molecule is Cc1cc2c(cc1Br)OC(CCN)C(=O)N2C. The molecule has 0 bridgehead atoms. The second-order valence-electron chi connectivity index (χ2n) is 4.15. The Morgan fingerprint density at radius 2 is 2.24 bits per heavy atom. The van der Waals surface area contributed by atoms with Crippen molar-refractivity contribution in [1.82, 2.24) is 0 Å². The maximum absolute atomic E-state index is 12.0. The van der Waals surface area contributed by atoms with Crippen LogP contribution in [0.2, 0.25) is 0 Å². The van der Waals surface area contributed by atoms with Gasteiger partial charge >= 0.3 is 0 Å². The Kier molecular flexibility index (Phi) is 3.40. The van der Waals surface area contributed by atoms with Gasteiger partial charge in [-0.3, -0.25) is 4.79 Å². The summed E-state index contributed by atoms with van der Waals surface area (Å²) in [6.45, 7) is 2.42. The Morgan fingerprint density at radius 3 is 2.88 bits per heavy atom. The van der Waals surface area contributed by atoms with E-state index in [0.29, 0.717) is 13.0 Å². The van der Waals surface area contributed by atoms with Crippen LogP contribution in [0.25, 0.3) is 0 Å². The normalized spacial score (nSPS) is 18.9. The third-order valence-corrected chi connectivity index (χ3v) is 3.76. The second-order valence-corrected chi connectivity index (χ2v) is 5.00. The minimum absolute atomic E-state index is 0.0373. The van der Waals surface area contributed by atoms with Crippen LogP contribution in [0.4, 0.5) is 5.69 Å². The summed E-state index contributed by atoms with van der Waals surface area (Å²) in [7, 11) is 1.76. The van der Waals surface area contributed by atoms with Crippen molar-refractivity contribution in [3.63, 3.8) is 0 Å². The maximum Gasteiger partial charge on any atom is 0.267 e. The summed E-state index contributed by atoms with van der Waals surface area (Å²) in [4.78, 5) is 13.6. The van der Waals surface area contributed by atoms with Gasteiger partial charge in [0.25, 0.3) is 5.91 Å². The Labute approximate surface area is 109 Å². The highest BCUT2D eigenvalue weighted by Crippen LogP contribution is 2.37. The first-order chi connectivity index (χ1) is 8.04. The number of anilines is 1. The summed E-state index contributed by atoms with van der Waals surface area (Å²) in [6, 6.07) is 3.84. The Balaban J connectivity index is 2.42. The topological polar surface area (TPSA) is 55.6 Å². The van der Waals surface area contributed by atoms with Gasteiger partial charge in [-0.1, -0.05) is 15.9 Å². The van der Waals surface area contributed by atoms with E-state index >= 15 is 0 Å². The van der Waals surface area contributed by atoms with Gasteiger partial charge in [-0.15, -0.1) is 0 Å². The van der Waals surface area contributed by atoms with Gasteiger partial charge in [0.1, 0.15) is 5.75 Å². The summed E-state index contributed by atoms with van der Waals surface area (Å²) in [5.74, 6) is 0.688. The van der Waals surface area contributed by atoms with E-state index in [-0.39, 0.29) is 5.91 Å². The van der Waals surface area contributed by atoms with E-state index in [2.05, 4.69) is 15.9 Å². The van der Waals surface area contributed by atoms with Crippen molar-refractivity contribution < 1.29 is 9.53 Å². The van der Waals surface area contributed by atoms with Crippen LogP contribution in [0.5, 0.6) is 5.75 Å². The number of amides is 1. The second kappa shape index (κ2) is 4.66. The van der Waals surface area contributed by atoms with Crippen LogP contribution in [-0.4, -0.2) is 25.6 Å². The van der Waals surface area contributed by atoms with E-state index in [1.165, 1.54) is 0 Å². The number of halogens is 1. The van der Waals surface area contributed by atoms with E-state index in [9.17, 15) is 4.79 Å². The molecule has 1 heterocycles. The quantitative estimate of drug-likeness (QED) is 0.906. The largest absolute Gasteiger partial charge is 0.478 e. The summed E-state index contributed by atoms with van der Waals surface area (Å²) in [5.41, 5.74) is 7.36. The molecular formula is C12H15BrN2O2. The Bertz CT molecular complexity index is 462. The van der Waals surface area contributed by atoms with Crippen LogP contribution in [-0.2, 0) is 4.79 Å². The highest BCUT2D eigenvalue weighted by atomic mass is 79.9. The monoisotopic (exact) mass is 298 g/mol. The van der Waals surface area contributed by atoms with Crippen LogP contribution in [0.15, 0.2) is 16.6 Å². The summed E-state index contributed by atoms with van der Waals surface area (Å²) in [6.07, 6.45) is 0.0702. The number of carbonyl (C=O) groups excluding carboxylic acids is 1. The standard InChI is InChI=1S/C12H15BrN2O2/c1-7-5-9-11(6-8(7)13)17-10(3-4-14)12(16)15(9)2/h5-6,10H,3-4,14H2,1-2H3. The molecule has 1 aliphatic rings. The van der Waals surface area contributed by atoms with Gasteiger partial charge in [-0.2, -0.15) is 0 Å². The number of hydrogen-bond acceptors (Lipinski definition) is 3. The van der Waals surface area contributed by atoms with E-state index in [0.717, 1.165) is 21.5 Å². The fourth-order valence-corrected chi connectivity index (χ4v) is 2.20. The lowest BCUT2D eigenvalue weighted by atomic mass is 10.1. The molecule has 17 heavy (non-hydrogen) atoms. The van der Waals surface area contributed by atoms with Crippen molar-refractivity contribution in [3.05, 3.63) is 22.2 Å². The Hall–Kier alpha value is -1.07. The maximum atomic E-state index is 12.0. The van der Waals surface area contributed by atoms with Crippen LogP contribution in [0, 0.1) is 6.92 Å². The number of aryl methyl sites for hydroxylation is 1. The molecule has 1 unspecified atom stereocenters. The van der Waals surface area contributed by atoms with Crippen LogP contribution >= 0.6 is 15.9 Å². The van der Waals surface area contributed by atoms with Gasteiger partial charge in [0.2, 0.25) is 0 Å². The molecule has 0 aliphatic carbocycles. The van der Waals surface area contributed by atoms with Crippen LogP contribution in [0.3, 0.4) is 0 Å². The van der Waals surface area contributed by atoms with Crippen molar-refractivity contribution in [2.24, 2.45) is 5.73 Å². The molecule has 2 N–H and O–H groups in total. The van der Waals surface area contributed by atoms with Gasteiger partial charge in [0.15, 0.2) is 6.10 Å². The Morgan fingerprint density at radius 1 is 1.53 bits per heavy atom. The third-order valence-electron chi connectivity index (χ3n) is 2.91. The number of carbonyl (C=O) groups is 1. The number of fused-ring (bicyclic) bond motifs is 1. The van der Waals surface area contributed by atoms with E-state index < -0.39 is 6.10 Å². The number of nitrogens with zero attached hydrogens (tertiary/aromatic N) is 1. The number of rotatable bonds is 2. The predicted molar refractivity (Wildman–Crippen MR) is 70.4 cm³/mol. The molecule has 5 heteroatoms. The van der Waals surface area contributed by atoms with Gasteiger partial charge in [-0.25, -0.2) is 0 Å². The summed E-state index contributed by atoms with van der Waals surface area (Å²) in [5, 5.41) is 0. The molecule has 0 saturated heterocycles. The zero-order valence-electron chi connectivity index (χ0n) is 9.87. The van der Waals surface area contributed by atoms with Gasteiger partial charge in [0, 0.05) is 17.9 Å². The number of benzene rings is 1. The first-order valence-corrected chi connectivity index (χ1v) is 6.28. The zero-order chi connectivity index (χ0) is 12.6. The minimum Gasteiger partial charge on any atom is -0.478 e. The molecular weight excluding hydrogens is 284 g/mol. The molecule has 92 valence electrons. The predicted octanol–water partition coefficient (Wildman–Crippen LogP) is 1.83. The highest BCUT2D eigenvalue weighted by Gasteiger charge is 2.31. The summed E-state index contributed by atoms with van der Waals surface area (Å²) < 4.78 is 6.67. The van der Waals surface area contributed by atoms with E-state index in [1.54, 1.807) is 11.9 Å². The number of ether oxygens (including phenoxy) is 1. The van der Waals surface area contributed by atoms with E-state index in [1.807, 2.05) is 19.1 Å². The van der Waals surface area contributed by atoms with Crippen molar-refractivity contribution >= 4 is 27.5 Å². The molecule has 1 atom stereocenters. The van der Waals surface area contributed by atoms with Crippen molar-refractivity contribution in [1.29, 1.82) is 0 Å². The molecule has 1 amide bonds. The molecule has 1 aromatic carbocycles. The van der Waals surface area contributed by atoms with Crippen molar-refractivity contribution in [2.75, 3.05) is 18.5 Å². The van der Waals surface area contributed by atoms with Crippen LogP contribution < -0.4 is 15.4 Å². The average Bonchev–Trinajstić information content (AvgIpc) is 2.29. The number of hydrogen-bond donors (Lipinski definition) is 1. The molecule has 4 nitrogen and oxygen atoms in total. The summed E-state index contributed by atoms with van der Waals surface area (Å²) >= 11 is 3.46. The fourth-order valence-electron chi connectivity index (χ4n) is 1.88. The number of likely N-dealkylation sites (N-methyl/N-ethyl adjacent to an activating group) is 1. The molecule has 2 rings (SSSR count). The lowest BCUT2D eigenvalue weighted by molar-refractivity contribution is -0.126. The minimum atomic E-state index is -0.466. The average molecular weight is 299 g/mol. The highest BCUT2D eigenvalue weighted by molar-refractivity contribution is 9.10.